The van der Waals surface area contributed by atoms with Crippen LogP contribution in [0.25, 0.3) is 10.8 Å². The molecule has 0 aliphatic heterocycles. The van der Waals surface area contributed by atoms with Gasteiger partial charge in [-0.3, -0.25) is 0 Å². The molecule has 0 atom stereocenters. The van der Waals surface area contributed by atoms with Crippen molar-refractivity contribution >= 4 is 60.2 Å². The number of hydrogen-bond donors (Lipinski definition) is 0. The molecule has 24 heavy (non-hydrogen) atoms. The zero-order chi connectivity index (χ0) is 17.1. The molecule has 0 bridgehead atoms. The van der Waals surface area contributed by atoms with Gasteiger partial charge in [0.15, 0.2) is 6.61 Å². The minimum absolute atomic E-state index is 0.216. The third-order valence-electron chi connectivity index (χ3n) is 3.29. The molecule has 0 amide bonds. The lowest BCUT2D eigenvalue weighted by atomic mass is 10.1. The first kappa shape index (κ1) is 17.3. The van der Waals surface area contributed by atoms with E-state index in [9.17, 15) is 4.79 Å². The van der Waals surface area contributed by atoms with Gasteiger partial charge in [-0.2, -0.15) is 0 Å². The number of carbonyl (C=O) groups is 1. The van der Waals surface area contributed by atoms with E-state index in [1.807, 2.05) is 30.3 Å². The number of hydrogen-bond acceptors (Lipinski definition) is 3. The van der Waals surface area contributed by atoms with E-state index in [4.69, 9.17) is 21.1 Å². The third kappa shape index (κ3) is 3.91. The molecule has 0 saturated carbocycles. The van der Waals surface area contributed by atoms with E-state index in [-0.39, 0.29) is 6.61 Å². The fourth-order valence-corrected chi connectivity index (χ4v) is 3.33. The Kier molecular flexibility index (Phi) is 5.43. The molecule has 3 aromatic carbocycles. The van der Waals surface area contributed by atoms with Crippen LogP contribution in [0.1, 0.15) is 0 Å². The third-order valence-corrected chi connectivity index (χ3v) is 4.91. The van der Waals surface area contributed by atoms with Crippen LogP contribution in [0.3, 0.4) is 0 Å². The topological polar surface area (TPSA) is 35.5 Å². The minimum Gasteiger partial charge on any atom is -0.481 e. The zero-order valence-electron chi connectivity index (χ0n) is 12.3. The van der Waals surface area contributed by atoms with Crippen LogP contribution in [0.15, 0.2) is 63.5 Å². The van der Waals surface area contributed by atoms with E-state index in [1.54, 1.807) is 24.3 Å². The van der Waals surface area contributed by atoms with E-state index in [1.165, 1.54) is 0 Å². The SMILES string of the molecule is O=C(COc1ccc2cc(Br)ccc2c1Br)Oc1ccccc1Cl. The fourth-order valence-electron chi connectivity index (χ4n) is 2.17. The summed E-state index contributed by atoms with van der Waals surface area (Å²) in [5.74, 6) is 0.363. The van der Waals surface area contributed by atoms with Crippen LogP contribution < -0.4 is 9.47 Å². The van der Waals surface area contributed by atoms with E-state index in [0.29, 0.717) is 16.5 Å². The largest absolute Gasteiger partial charge is 0.481 e. The van der Waals surface area contributed by atoms with Crippen molar-refractivity contribution in [1.29, 1.82) is 0 Å². The van der Waals surface area contributed by atoms with E-state index in [2.05, 4.69) is 31.9 Å². The number of halogens is 3. The highest BCUT2D eigenvalue weighted by Gasteiger charge is 2.12. The Balaban J connectivity index is 1.71. The van der Waals surface area contributed by atoms with Crippen LogP contribution in [0.5, 0.6) is 11.5 Å². The van der Waals surface area contributed by atoms with Crippen LogP contribution in [-0.2, 0) is 4.79 Å². The second-order valence-corrected chi connectivity index (χ2v) is 7.05. The van der Waals surface area contributed by atoms with E-state index in [0.717, 1.165) is 19.7 Å². The van der Waals surface area contributed by atoms with Gasteiger partial charge in [0.1, 0.15) is 11.5 Å². The van der Waals surface area contributed by atoms with Crippen LogP contribution in [0, 0.1) is 0 Å². The summed E-state index contributed by atoms with van der Waals surface area (Å²) in [6.07, 6.45) is 0. The van der Waals surface area contributed by atoms with Gasteiger partial charge < -0.3 is 9.47 Å². The Morgan fingerprint density at radius 1 is 1.00 bits per heavy atom. The molecule has 0 N–H and O–H groups in total. The summed E-state index contributed by atoms with van der Waals surface area (Å²) in [5.41, 5.74) is 0. The molecule has 0 saturated heterocycles. The molecule has 3 aromatic rings. The maximum atomic E-state index is 11.9. The average molecular weight is 471 g/mol. The number of fused-ring (bicyclic) bond motifs is 1. The number of benzene rings is 3. The minimum atomic E-state index is -0.522. The second-order valence-electron chi connectivity index (χ2n) is 4.94. The summed E-state index contributed by atoms with van der Waals surface area (Å²) in [5, 5.41) is 2.43. The van der Waals surface area contributed by atoms with Gasteiger partial charge in [0.2, 0.25) is 0 Å². The van der Waals surface area contributed by atoms with Gasteiger partial charge in [-0.05, 0) is 57.0 Å². The Labute approximate surface area is 160 Å². The molecule has 0 aliphatic rings. The molecular formula is C18H11Br2ClO3. The molecule has 3 rings (SSSR count). The number of rotatable bonds is 4. The molecule has 0 aliphatic carbocycles. The van der Waals surface area contributed by atoms with Crippen molar-refractivity contribution in [1.82, 2.24) is 0 Å². The van der Waals surface area contributed by atoms with Crippen LogP contribution in [-0.4, -0.2) is 12.6 Å². The van der Waals surface area contributed by atoms with Crippen molar-refractivity contribution < 1.29 is 14.3 Å². The predicted octanol–water partition coefficient (Wildman–Crippen LogP) is 6.00. The van der Waals surface area contributed by atoms with Gasteiger partial charge in [-0.1, -0.05) is 51.8 Å². The maximum absolute atomic E-state index is 11.9. The molecular weight excluding hydrogens is 459 g/mol. The number of carbonyl (C=O) groups excluding carboxylic acids is 1. The highest BCUT2D eigenvalue weighted by molar-refractivity contribution is 9.11. The summed E-state index contributed by atoms with van der Waals surface area (Å²) >= 11 is 12.9. The molecule has 0 fully saturated rings. The maximum Gasteiger partial charge on any atom is 0.349 e. The standard InChI is InChI=1S/C18H11Br2ClO3/c19-12-6-7-13-11(9-12)5-8-16(18(13)20)23-10-17(22)24-15-4-2-1-3-14(15)21/h1-9H,10H2. The summed E-state index contributed by atoms with van der Waals surface area (Å²) in [7, 11) is 0. The van der Waals surface area contributed by atoms with Crippen LogP contribution >= 0.6 is 43.5 Å². The van der Waals surface area contributed by atoms with Gasteiger partial charge in [0.05, 0.1) is 9.50 Å². The van der Waals surface area contributed by atoms with Crippen LogP contribution in [0.2, 0.25) is 5.02 Å². The Hall–Kier alpha value is -1.56. The molecule has 3 nitrogen and oxygen atoms in total. The van der Waals surface area contributed by atoms with Crippen molar-refractivity contribution in [2.45, 2.75) is 0 Å². The first-order valence-electron chi connectivity index (χ1n) is 7.00. The van der Waals surface area contributed by atoms with Crippen LogP contribution in [0.4, 0.5) is 0 Å². The molecule has 6 heteroatoms. The average Bonchev–Trinajstić information content (AvgIpc) is 2.56. The molecule has 0 heterocycles. The number of esters is 1. The smallest absolute Gasteiger partial charge is 0.349 e. The highest BCUT2D eigenvalue weighted by Crippen LogP contribution is 2.34. The fraction of sp³-hybridized carbons (Fsp3) is 0.0556. The predicted molar refractivity (Wildman–Crippen MR) is 102 cm³/mol. The lowest BCUT2D eigenvalue weighted by molar-refractivity contribution is -0.136. The normalized spacial score (nSPS) is 10.6. The van der Waals surface area contributed by atoms with Crippen molar-refractivity contribution in [3.8, 4) is 11.5 Å². The van der Waals surface area contributed by atoms with Crippen molar-refractivity contribution in [3.05, 3.63) is 68.6 Å². The molecule has 0 aromatic heterocycles. The van der Waals surface area contributed by atoms with Gasteiger partial charge in [-0.15, -0.1) is 0 Å². The summed E-state index contributed by atoms with van der Waals surface area (Å²) in [6.45, 7) is -0.216. The zero-order valence-corrected chi connectivity index (χ0v) is 16.2. The first-order chi connectivity index (χ1) is 11.5. The summed E-state index contributed by atoms with van der Waals surface area (Å²) < 4.78 is 12.6. The number of ether oxygens (including phenoxy) is 2. The molecule has 122 valence electrons. The molecule has 0 radical (unpaired) electrons. The van der Waals surface area contributed by atoms with Crippen molar-refractivity contribution in [2.24, 2.45) is 0 Å². The van der Waals surface area contributed by atoms with Gasteiger partial charge in [0, 0.05) is 4.47 Å². The van der Waals surface area contributed by atoms with Gasteiger partial charge in [0.25, 0.3) is 0 Å². The summed E-state index contributed by atoms with van der Waals surface area (Å²) in [6, 6.07) is 16.5. The quantitative estimate of drug-likeness (QED) is 0.346. The van der Waals surface area contributed by atoms with Gasteiger partial charge in [-0.25, -0.2) is 4.79 Å². The Morgan fingerprint density at radius 2 is 1.79 bits per heavy atom. The number of para-hydroxylation sites is 1. The van der Waals surface area contributed by atoms with Crippen molar-refractivity contribution in [3.63, 3.8) is 0 Å². The van der Waals surface area contributed by atoms with E-state index < -0.39 is 5.97 Å². The Bertz CT molecular complexity index is 912. The van der Waals surface area contributed by atoms with Gasteiger partial charge >= 0.3 is 5.97 Å². The monoisotopic (exact) mass is 468 g/mol. The lowest BCUT2D eigenvalue weighted by Gasteiger charge is -2.11. The molecule has 0 spiro atoms. The lowest BCUT2D eigenvalue weighted by Crippen LogP contribution is -2.18. The van der Waals surface area contributed by atoms with Crippen molar-refractivity contribution in [2.75, 3.05) is 6.61 Å². The first-order valence-corrected chi connectivity index (χ1v) is 8.97. The summed E-state index contributed by atoms with van der Waals surface area (Å²) in [4.78, 5) is 11.9. The molecule has 0 unspecified atom stereocenters. The Morgan fingerprint density at radius 3 is 2.58 bits per heavy atom. The second kappa shape index (κ2) is 7.55. The highest BCUT2D eigenvalue weighted by atomic mass is 79.9. The van der Waals surface area contributed by atoms with E-state index >= 15 is 0 Å².